The standard InChI is InChI=1S/C15H21FN2O3/c1-18(9-11-3-4-21-10-11)15(19)17-8-12-5-13(16)7-14(6-12)20-2/h5-7,11H,3-4,8-10H2,1-2H3,(H,17,19). The van der Waals surface area contributed by atoms with Crippen LogP contribution in [0.15, 0.2) is 18.2 Å². The molecule has 2 rings (SSSR count). The smallest absolute Gasteiger partial charge is 0.317 e. The van der Waals surface area contributed by atoms with Gasteiger partial charge in [-0.05, 0) is 24.1 Å². The number of carbonyl (C=O) groups excluding carboxylic acids is 1. The van der Waals surface area contributed by atoms with Crippen LogP contribution in [0.25, 0.3) is 0 Å². The predicted octanol–water partition coefficient (Wildman–Crippen LogP) is 2.01. The normalized spacial score (nSPS) is 17.6. The van der Waals surface area contributed by atoms with E-state index in [-0.39, 0.29) is 18.4 Å². The molecule has 1 saturated heterocycles. The molecule has 6 heteroatoms. The topological polar surface area (TPSA) is 50.8 Å². The van der Waals surface area contributed by atoms with Crippen LogP contribution in [0.3, 0.4) is 0 Å². The van der Waals surface area contributed by atoms with Crippen molar-refractivity contribution in [1.29, 1.82) is 0 Å². The molecule has 0 saturated carbocycles. The summed E-state index contributed by atoms with van der Waals surface area (Å²) in [5.74, 6) is 0.459. The third-order valence-corrected chi connectivity index (χ3v) is 3.51. The Morgan fingerprint density at radius 2 is 2.33 bits per heavy atom. The lowest BCUT2D eigenvalue weighted by Gasteiger charge is -2.21. The number of benzene rings is 1. The fourth-order valence-electron chi connectivity index (χ4n) is 2.35. The SMILES string of the molecule is COc1cc(F)cc(CNC(=O)N(C)CC2CCOC2)c1. The summed E-state index contributed by atoms with van der Waals surface area (Å²) < 4.78 is 23.6. The van der Waals surface area contributed by atoms with Gasteiger partial charge in [0.25, 0.3) is 0 Å². The van der Waals surface area contributed by atoms with Crippen molar-refractivity contribution in [2.45, 2.75) is 13.0 Å². The zero-order valence-corrected chi connectivity index (χ0v) is 12.4. The second-order valence-corrected chi connectivity index (χ2v) is 5.27. The Balaban J connectivity index is 1.83. The van der Waals surface area contributed by atoms with Gasteiger partial charge in [-0.1, -0.05) is 0 Å². The fraction of sp³-hybridized carbons (Fsp3) is 0.533. The largest absolute Gasteiger partial charge is 0.497 e. The summed E-state index contributed by atoms with van der Waals surface area (Å²) in [4.78, 5) is 13.6. The molecule has 1 aromatic carbocycles. The predicted molar refractivity (Wildman–Crippen MR) is 76.7 cm³/mol. The van der Waals surface area contributed by atoms with Crippen molar-refractivity contribution >= 4 is 6.03 Å². The van der Waals surface area contributed by atoms with E-state index in [0.29, 0.717) is 30.4 Å². The lowest BCUT2D eigenvalue weighted by molar-refractivity contribution is 0.171. The minimum atomic E-state index is -0.380. The molecule has 1 aliphatic heterocycles. The first-order chi connectivity index (χ1) is 10.1. The molecular weight excluding hydrogens is 275 g/mol. The first-order valence-corrected chi connectivity index (χ1v) is 6.98. The quantitative estimate of drug-likeness (QED) is 0.904. The zero-order chi connectivity index (χ0) is 15.2. The number of urea groups is 1. The molecule has 21 heavy (non-hydrogen) atoms. The monoisotopic (exact) mass is 296 g/mol. The van der Waals surface area contributed by atoms with Crippen LogP contribution in [0.5, 0.6) is 5.75 Å². The Morgan fingerprint density at radius 3 is 3.00 bits per heavy atom. The van der Waals surface area contributed by atoms with Gasteiger partial charge in [-0.15, -0.1) is 0 Å². The number of ether oxygens (including phenoxy) is 2. The Kier molecular flexibility index (Phi) is 5.38. The van der Waals surface area contributed by atoms with Crippen molar-refractivity contribution in [3.8, 4) is 5.75 Å². The highest BCUT2D eigenvalue weighted by atomic mass is 19.1. The van der Waals surface area contributed by atoms with Gasteiger partial charge in [-0.3, -0.25) is 0 Å². The lowest BCUT2D eigenvalue weighted by atomic mass is 10.1. The molecule has 0 spiro atoms. The van der Waals surface area contributed by atoms with Gasteiger partial charge >= 0.3 is 6.03 Å². The summed E-state index contributed by atoms with van der Waals surface area (Å²) in [6.45, 7) is 2.40. The summed E-state index contributed by atoms with van der Waals surface area (Å²) in [6.07, 6.45) is 0.985. The van der Waals surface area contributed by atoms with Crippen molar-refractivity contribution < 1.29 is 18.7 Å². The Morgan fingerprint density at radius 1 is 1.52 bits per heavy atom. The highest BCUT2D eigenvalue weighted by Gasteiger charge is 2.19. The van der Waals surface area contributed by atoms with E-state index >= 15 is 0 Å². The van der Waals surface area contributed by atoms with E-state index in [1.165, 1.54) is 19.2 Å². The molecular formula is C15H21FN2O3. The highest BCUT2D eigenvalue weighted by molar-refractivity contribution is 5.73. The molecule has 2 amide bonds. The molecule has 1 heterocycles. The second-order valence-electron chi connectivity index (χ2n) is 5.27. The van der Waals surface area contributed by atoms with Crippen LogP contribution in [0, 0.1) is 11.7 Å². The molecule has 0 bridgehead atoms. The number of rotatable bonds is 5. The number of carbonyl (C=O) groups is 1. The van der Waals surface area contributed by atoms with E-state index < -0.39 is 0 Å². The van der Waals surface area contributed by atoms with Gasteiger partial charge in [-0.25, -0.2) is 9.18 Å². The Hall–Kier alpha value is -1.82. The summed E-state index contributed by atoms with van der Waals surface area (Å²) in [7, 11) is 3.23. The molecule has 5 nitrogen and oxygen atoms in total. The van der Waals surface area contributed by atoms with Crippen molar-refractivity contribution in [3.05, 3.63) is 29.6 Å². The molecule has 1 fully saturated rings. The van der Waals surface area contributed by atoms with Crippen LogP contribution in [0.2, 0.25) is 0 Å². The van der Waals surface area contributed by atoms with E-state index in [2.05, 4.69) is 5.32 Å². The van der Waals surface area contributed by atoms with Gasteiger partial charge in [0, 0.05) is 38.7 Å². The molecule has 1 aliphatic rings. The molecule has 0 aliphatic carbocycles. The van der Waals surface area contributed by atoms with E-state index in [1.54, 1.807) is 18.0 Å². The second kappa shape index (κ2) is 7.26. The highest BCUT2D eigenvalue weighted by Crippen LogP contribution is 2.16. The first kappa shape index (κ1) is 15.6. The molecule has 1 N–H and O–H groups in total. The molecule has 1 atom stereocenters. The molecule has 0 radical (unpaired) electrons. The van der Waals surface area contributed by atoms with Gasteiger partial charge in [0.05, 0.1) is 13.7 Å². The van der Waals surface area contributed by atoms with Crippen molar-refractivity contribution in [2.75, 3.05) is 33.9 Å². The molecule has 0 aromatic heterocycles. The van der Waals surface area contributed by atoms with Crippen LogP contribution in [-0.4, -0.2) is 44.8 Å². The van der Waals surface area contributed by atoms with E-state index in [9.17, 15) is 9.18 Å². The van der Waals surface area contributed by atoms with E-state index in [4.69, 9.17) is 9.47 Å². The van der Waals surface area contributed by atoms with Gasteiger partial charge in [-0.2, -0.15) is 0 Å². The Bertz CT molecular complexity index is 490. The number of amides is 2. The first-order valence-electron chi connectivity index (χ1n) is 6.98. The van der Waals surface area contributed by atoms with Crippen LogP contribution in [-0.2, 0) is 11.3 Å². The van der Waals surface area contributed by atoms with Gasteiger partial charge in [0.2, 0.25) is 0 Å². The van der Waals surface area contributed by atoms with Crippen LogP contribution >= 0.6 is 0 Å². The summed E-state index contributed by atoms with van der Waals surface area (Å²) in [5, 5.41) is 2.78. The van der Waals surface area contributed by atoms with Gasteiger partial charge in [0.15, 0.2) is 0 Å². The van der Waals surface area contributed by atoms with Crippen LogP contribution < -0.4 is 10.1 Å². The number of nitrogens with one attached hydrogen (secondary N) is 1. The molecule has 1 aromatic rings. The maximum absolute atomic E-state index is 13.4. The van der Waals surface area contributed by atoms with Crippen LogP contribution in [0.1, 0.15) is 12.0 Å². The van der Waals surface area contributed by atoms with Gasteiger partial charge < -0.3 is 19.7 Å². The maximum Gasteiger partial charge on any atom is 0.317 e. The number of halogens is 1. The van der Waals surface area contributed by atoms with Gasteiger partial charge in [0.1, 0.15) is 11.6 Å². The average molecular weight is 296 g/mol. The average Bonchev–Trinajstić information content (AvgIpc) is 2.96. The summed E-state index contributed by atoms with van der Waals surface area (Å²) >= 11 is 0. The van der Waals surface area contributed by atoms with Crippen molar-refractivity contribution in [2.24, 2.45) is 5.92 Å². The minimum Gasteiger partial charge on any atom is -0.497 e. The summed E-state index contributed by atoms with van der Waals surface area (Å²) in [5.41, 5.74) is 0.665. The zero-order valence-electron chi connectivity index (χ0n) is 12.4. The minimum absolute atomic E-state index is 0.176. The number of hydrogen-bond acceptors (Lipinski definition) is 3. The van der Waals surface area contributed by atoms with Crippen molar-refractivity contribution in [1.82, 2.24) is 10.2 Å². The maximum atomic E-state index is 13.4. The Labute approximate surface area is 124 Å². The number of hydrogen-bond donors (Lipinski definition) is 1. The summed E-state index contributed by atoms with van der Waals surface area (Å²) in [6, 6.07) is 4.21. The number of nitrogens with zero attached hydrogens (tertiary/aromatic N) is 1. The molecule has 1 unspecified atom stereocenters. The van der Waals surface area contributed by atoms with Crippen molar-refractivity contribution in [3.63, 3.8) is 0 Å². The third-order valence-electron chi connectivity index (χ3n) is 3.51. The third kappa shape index (κ3) is 4.60. The van der Waals surface area contributed by atoms with Crippen LogP contribution in [0.4, 0.5) is 9.18 Å². The van der Waals surface area contributed by atoms with E-state index in [1.807, 2.05) is 0 Å². The lowest BCUT2D eigenvalue weighted by Crippen LogP contribution is -2.39. The molecule has 116 valence electrons. The number of methoxy groups -OCH3 is 1. The van der Waals surface area contributed by atoms with E-state index in [0.717, 1.165) is 13.0 Å². The fourth-order valence-corrected chi connectivity index (χ4v) is 2.35.